The molecule has 3 N–H and O–H groups in total. The number of nitrogens with two attached hydrogens (primary N) is 1. The van der Waals surface area contributed by atoms with E-state index in [9.17, 15) is 9.59 Å². The zero-order valence-electron chi connectivity index (χ0n) is 12.6. The smallest absolute Gasteiger partial charge is 0.328 e. The minimum Gasteiger partial charge on any atom is -0.467 e. The Morgan fingerprint density at radius 3 is 2.67 bits per heavy atom. The molecular formula is C15H20N2O3S. The van der Waals surface area contributed by atoms with Crippen molar-refractivity contribution in [2.75, 3.05) is 13.7 Å². The molecule has 0 saturated carbocycles. The molecule has 0 aliphatic carbocycles. The third-order valence-corrected chi connectivity index (χ3v) is 4.01. The van der Waals surface area contributed by atoms with Crippen LogP contribution in [0.4, 0.5) is 0 Å². The zero-order valence-corrected chi connectivity index (χ0v) is 13.5. The third kappa shape index (κ3) is 4.59. The molecule has 1 heterocycles. The third-order valence-electron chi connectivity index (χ3n) is 2.85. The summed E-state index contributed by atoms with van der Waals surface area (Å²) in [6, 6.07) is 1.10. The van der Waals surface area contributed by atoms with Crippen molar-refractivity contribution >= 4 is 23.2 Å². The minimum absolute atomic E-state index is 0.0565. The highest BCUT2D eigenvalue weighted by Crippen LogP contribution is 2.21. The van der Waals surface area contributed by atoms with Crippen LogP contribution in [0.3, 0.4) is 0 Å². The quantitative estimate of drug-likeness (QED) is 0.649. The van der Waals surface area contributed by atoms with Gasteiger partial charge in [-0.25, -0.2) is 4.79 Å². The van der Waals surface area contributed by atoms with E-state index in [0.29, 0.717) is 4.88 Å². The Kier molecular flexibility index (Phi) is 6.40. The molecule has 0 aliphatic rings. The Labute approximate surface area is 128 Å². The molecule has 0 aromatic carbocycles. The second-order valence-electron chi connectivity index (χ2n) is 4.85. The van der Waals surface area contributed by atoms with E-state index in [-0.39, 0.29) is 18.4 Å². The van der Waals surface area contributed by atoms with Crippen molar-refractivity contribution in [3.8, 4) is 11.8 Å². The lowest BCUT2D eigenvalue weighted by atomic mass is 10.0. The standard InChI is InChI=1S/C15H20N2O3S/c1-9(2)13(15(19)20-4)17-14(18)12-8-10(3)11(21-12)6-5-7-16/h8-9,13H,7,16H2,1-4H3,(H,17,18). The van der Waals surface area contributed by atoms with E-state index in [1.54, 1.807) is 6.07 Å². The first kappa shape index (κ1) is 17.2. The predicted molar refractivity (Wildman–Crippen MR) is 83.1 cm³/mol. The van der Waals surface area contributed by atoms with Gasteiger partial charge in [-0.05, 0) is 24.5 Å². The largest absolute Gasteiger partial charge is 0.467 e. The van der Waals surface area contributed by atoms with Gasteiger partial charge in [-0.3, -0.25) is 4.79 Å². The number of esters is 1. The van der Waals surface area contributed by atoms with Gasteiger partial charge in [-0.2, -0.15) is 0 Å². The molecule has 1 aromatic heterocycles. The predicted octanol–water partition coefficient (Wildman–Crippen LogP) is 1.29. The molecule has 114 valence electrons. The maximum Gasteiger partial charge on any atom is 0.328 e. The van der Waals surface area contributed by atoms with E-state index >= 15 is 0 Å². The fourth-order valence-electron chi connectivity index (χ4n) is 1.69. The van der Waals surface area contributed by atoms with Crippen LogP contribution in [-0.4, -0.2) is 31.6 Å². The van der Waals surface area contributed by atoms with Gasteiger partial charge in [-0.15, -0.1) is 11.3 Å². The van der Waals surface area contributed by atoms with Crippen molar-refractivity contribution in [3.63, 3.8) is 0 Å². The first-order valence-corrected chi connectivity index (χ1v) is 7.40. The second-order valence-corrected chi connectivity index (χ2v) is 5.90. The van der Waals surface area contributed by atoms with Crippen LogP contribution < -0.4 is 11.1 Å². The van der Waals surface area contributed by atoms with Gasteiger partial charge in [0, 0.05) is 0 Å². The van der Waals surface area contributed by atoms with Crippen molar-refractivity contribution in [3.05, 3.63) is 21.4 Å². The van der Waals surface area contributed by atoms with E-state index in [2.05, 4.69) is 17.2 Å². The lowest BCUT2D eigenvalue weighted by Crippen LogP contribution is -2.44. The highest BCUT2D eigenvalue weighted by atomic mass is 32.1. The average molecular weight is 308 g/mol. The number of carbonyl (C=O) groups excluding carboxylic acids is 2. The molecule has 21 heavy (non-hydrogen) atoms. The lowest BCUT2D eigenvalue weighted by Gasteiger charge is -2.19. The molecule has 1 aromatic rings. The van der Waals surface area contributed by atoms with Crippen LogP contribution in [0, 0.1) is 24.7 Å². The van der Waals surface area contributed by atoms with Gasteiger partial charge in [-0.1, -0.05) is 25.7 Å². The molecule has 0 radical (unpaired) electrons. The molecule has 0 fully saturated rings. The van der Waals surface area contributed by atoms with Gasteiger partial charge < -0.3 is 15.8 Å². The maximum absolute atomic E-state index is 12.2. The van der Waals surface area contributed by atoms with Gasteiger partial charge in [0.1, 0.15) is 6.04 Å². The van der Waals surface area contributed by atoms with Gasteiger partial charge in [0.25, 0.3) is 5.91 Å². The summed E-state index contributed by atoms with van der Waals surface area (Å²) in [4.78, 5) is 25.2. The monoisotopic (exact) mass is 308 g/mol. The lowest BCUT2D eigenvalue weighted by molar-refractivity contribution is -0.144. The number of amides is 1. The first-order valence-electron chi connectivity index (χ1n) is 6.58. The molecule has 1 amide bonds. The summed E-state index contributed by atoms with van der Waals surface area (Å²) < 4.78 is 4.71. The van der Waals surface area contributed by atoms with Gasteiger partial charge in [0.2, 0.25) is 0 Å². The van der Waals surface area contributed by atoms with Crippen LogP contribution in [0.5, 0.6) is 0 Å². The summed E-state index contributed by atoms with van der Waals surface area (Å²) >= 11 is 1.29. The number of hydrogen-bond donors (Lipinski definition) is 2. The fraction of sp³-hybridized carbons (Fsp3) is 0.467. The summed E-state index contributed by atoms with van der Waals surface area (Å²) in [5.74, 6) is 4.89. The second kappa shape index (κ2) is 7.81. The Morgan fingerprint density at radius 1 is 1.48 bits per heavy atom. The molecule has 6 heteroatoms. The number of methoxy groups -OCH3 is 1. The normalized spacial score (nSPS) is 11.5. The van der Waals surface area contributed by atoms with Crippen LogP contribution in [0.1, 0.15) is 34.0 Å². The Morgan fingerprint density at radius 2 is 2.14 bits per heavy atom. The highest BCUT2D eigenvalue weighted by molar-refractivity contribution is 7.14. The molecule has 0 saturated heterocycles. The molecule has 0 bridgehead atoms. The van der Waals surface area contributed by atoms with Crippen molar-refractivity contribution in [1.29, 1.82) is 0 Å². The number of ether oxygens (including phenoxy) is 1. The topological polar surface area (TPSA) is 81.4 Å². The number of carbonyl (C=O) groups is 2. The molecule has 1 atom stereocenters. The van der Waals surface area contributed by atoms with Crippen LogP contribution in [0.2, 0.25) is 0 Å². The number of rotatable bonds is 4. The highest BCUT2D eigenvalue weighted by Gasteiger charge is 2.26. The van der Waals surface area contributed by atoms with Crippen LogP contribution in [0.25, 0.3) is 0 Å². The minimum atomic E-state index is -0.663. The van der Waals surface area contributed by atoms with Gasteiger partial charge >= 0.3 is 5.97 Å². The molecule has 1 unspecified atom stereocenters. The van der Waals surface area contributed by atoms with Crippen LogP contribution in [0.15, 0.2) is 6.07 Å². The van der Waals surface area contributed by atoms with E-state index in [1.165, 1.54) is 18.4 Å². The Bertz CT molecular complexity index is 581. The molecule has 0 spiro atoms. The summed E-state index contributed by atoms with van der Waals surface area (Å²) in [7, 11) is 1.31. The average Bonchev–Trinajstić information content (AvgIpc) is 2.82. The molecule has 0 aliphatic heterocycles. The fourth-order valence-corrected chi connectivity index (χ4v) is 2.64. The Balaban J connectivity index is 2.91. The first-order chi connectivity index (χ1) is 9.90. The van der Waals surface area contributed by atoms with Gasteiger partial charge in [0.15, 0.2) is 0 Å². The van der Waals surface area contributed by atoms with Crippen molar-refractivity contribution in [2.45, 2.75) is 26.8 Å². The summed E-state index contributed by atoms with van der Waals surface area (Å²) in [6.45, 7) is 5.85. The van der Waals surface area contributed by atoms with Crippen LogP contribution >= 0.6 is 11.3 Å². The molecule has 5 nitrogen and oxygen atoms in total. The van der Waals surface area contributed by atoms with Crippen molar-refractivity contribution < 1.29 is 14.3 Å². The van der Waals surface area contributed by atoms with E-state index in [0.717, 1.165) is 10.4 Å². The van der Waals surface area contributed by atoms with E-state index in [1.807, 2.05) is 20.8 Å². The van der Waals surface area contributed by atoms with Crippen molar-refractivity contribution in [2.24, 2.45) is 11.7 Å². The zero-order chi connectivity index (χ0) is 16.0. The summed E-state index contributed by atoms with van der Waals surface area (Å²) in [5.41, 5.74) is 6.26. The SMILES string of the molecule is COC(=O)C(NC(=O)c1cc(C)c(C#CCN)s1)C(C)C. The van der Waals surface area contributed by atoms with Gasteiger partial charge in [0.05, 0.1) is 23.4 Å². The van der Waals surface area contributed by atoms with E-state index in [4.69, 9.17) is 10.5 Å². The number of hydrogen-bond acceptors (Lipinski definition) is 5. The van der Waals surface area contributed by atoms with E-state index < -0.39 is 12.0 Å². The summed E-state index contributed by atoms with van der Waals surface area (Å²) in [6.07, 6.45) is 0. The van der Waals surface area contributed by atoms with Crippen molar-refractivity contribution in [1.82, 2.24) is 5.32 Å². The number of thiophene rings is 1. The number of nitrogens with one attached hydrogen (secondary N) is 1. The van der Waals surface area contributed by atoms with Crippen LogP contribution in [-0.2, 0) is 9.53 Å². The maximum atomic E-state index is 12.2. The summed E-state index contributed by atoms with van der Waals surface area (Å²) in [5, 5.41) is 2.70. The number of aryl methyl sites for hydroxylation is 1. The molecule has 1 rings (SSSR count). The Hall–Kier alpha value is -1.84. The molecular weight excluding hydrogens is 288 g/mol.